The van der Waals surface area contributed by atoms with Gasteiger partial charge in [-0.3, -0.25) is 9.59 Å². The van der Waals surface area contributed by atoms with Gasteiger partial charge in [0, 0.05) is 13.0 Å². The second kappa shape index (κ2) is 9.65. The minimum absolute atomic E-state index is 0.0245. The predicted octanol–water partition coefficient (Wildman–Crippen LogP) is 1.72. The summed E-state index contributed by atoms with van der Waals surface area (Å²) in [6.45, 7) is 5.14. The van der Waals surface area contributed by atoms with E-state index in [4.69, 9.17) is 14.6 Å². The zero-order chi connectivity index (χ0) is 19.7. The number of hydrogen-bond donors (Lipinski definition) is 3. The van der Waals surface area contributed by atoms with Gasteiger partial charge in [0.1, 0.15) is 17.4 Å². The molecular weight excluding hydrogens is 340 g/mol. The summed E-state index contributed by atoms with van der Waals surface area (Å²) in [6.07, 6.45) is -0.695. The average molecular weight is 366 g/mol. The quantitative estimate of drug-likeness (QED) is 0.645. The Morgan fingerprint density at radius 2 is 1.77 bits per heavy atom. The van der Waals surface area contributed by atoms with Gasteiger partial charge in [-0.2, -0.15) is 0 Å². The zero-order valence-electron chi connectivity index (χ0n) is 15.5. The third-order valence-corrected chi connectivity index (χ3v) is 3.24. The summed E-state index contributed by atoms with van der Waals surface area (Å²) in [7, 11) is 1.55. The van der Waals surface area contributed by atoms with Crippen molar-refractivity contribution in [1.82, 2.24) is 10.6 Å². The number of nitrogens with one attached hydrogen (secondary N) is 2. The number of alkyl carbamates (subject to hydrolysis) is 1. The number of carbonyl (C=O) groups is 3. The first-order valence-electron chi connectivity index (χ1n) is 8.22. The van der Waals surface area contributed by atoms with Crippen LogP contribution >= 0.6 is 0 Å². The van der Waals surface area contributed by atoms with Gasteiger partial charge >= 0.3 is 12.1 Å². The summed E-state index contributed by atoms with van der Waals surface area (Å²) in [4.78, 5) is 35.0. The summed E-state index contributed by atoms with van der Waals surface area (Å²) in [5, 5.41) is 13.7. The van der Waals surface area contributed by atoms with Gasteiger partial charge < -0.3 is 25.2 Å². The molecule has 1 aromatic rings. The summed E-state index contributed by atoms with van der Waals surface area (Å²) in [5.74, 6) is -0.818. The standard InChI is InChI=1S/C18H26N2O6/c1-18(2,3)26-17(24)20-14(16(23)19-10-9-15(21)22)11-12-5-7-13(25-4)8-6-12/h5-8,14H,9-11H2,1-4H3,(H,19,23)(H,20,24)(H,21,22)/t14-/m1/s1. The van der Waals surface area contributed by atoms with Crippen LogP contribution in [0.2, 0.25) is 0 Å². The molecule has 0 bridgehead atoms. The topological polar surface area (TPSA) is 114 Å². The van der Waals surface area contributed by atoms with E-state index in [-0.39, 0.29) is 19.4 Å². The highest BCUT2D eigenvalue weighted by molar-refractivity contribution is 5.86. The first-order valence-corrected chi connectivity index (χ1v) is 8.22. The molecule has 0 spiro atoms. The average Bonchev–Trinajstić information content (AvgIpc) is 2.52. The number of amides is 2. The Labute approximate surface area is 152 Å². The SMILES string of the molecule is COc1ccc(C[C@@H](NC(=O)OC(C)(C)C)C(=O)NCCC(=O)O)cc1. The Hall–Kier alpha value is -2.77. The fourth-order valence-electron chi connectivity index (χ4n) is 2.07. The minimum atomic E-state index is -1.02. The van der Waals surface area contributed by atoms with Crippen molar-refractivity contribution in [1.29, 1.82) is 0 Å². The van der Waals surface area contributed by atoms with Crippen LogP contribution in [0, 0.1) is 0 Å². The molecule has 26 heavy (non-hydrogen) atoms. The second-order valence-corrected chi connectivity index (χ2v) is 6.69. The van der Waals surface area contributed by atoms with Crippen LogP contribution in [0.25, 0.3) is 0 Å². The molecule has 0 heterocycles. The molecule has 0 unspecified atom stereocenters. The highest BCUT2D eigenvalue weighted by atomic mass is 16.6. The Kier molecular flexibility index (Phi) is 7.89. The molecule has 0 fully saturated rings. The van der Waals surface area contributed by atoms with Crippen molar-refractivity contribution >= 4 is 18.0 Å². The van der Waals surface area contributed by atoms with Crippen molar-refractivity contribution < 1.29 is 29.0 Å². The van der Waals surface area contributed by atoms with E-state index in [1.54, 1.807) is 52.1 Å². The smallest absolute Gasteiger partial charge is 0.408 e. The largest absolute Gasteiger partial charge is 0.497 e. The van der Waals surface area contributed by atoms with Crippen molar-refractivity contribution in [3.05, 3.63) is 29.8 Å². The Bertz CT molecular complexity index is 622. The Balaban J connectivity index is 2.80. The van der Waals surface area contributed by atoms with Crippen molar-refractivity contribution in [2.45, 2.75) is 45.3 Å². The van der Waals surface area contributed by atoms with Crippen LogP contribution in [0.3, 0.4) is 0 Å². The Morgan fingerprint density at radius 1 is 1.15 bits per heavy atom. The molecule has 3 N–H and O–H groups in total. The third-order valence-electron chi connectivity index (χ3n) is 3.24. The number of hydrogen-bond acceptors (Lipinski definition) is 5. The number of rotatable bonds is 8. The lowest BCUT2D eigenvalue weighted by molar-refractivity contribution is -0.137. The predicted molar refractivity (Wildman–Crippen MR) is 95.1 cm³/mol. The summed E-state index contributed by atoms with van der Waals surface area (Å²) in [6, 6.07) is 6.18. The van der Waals surface area contributed by atoms with E-state index in [2.05, 4.69) is 10.6 Å². The zero-order valence-corrected chi connectivity index (χ0v) is 15.5. The van der Waals surface area contributed by atoms with Crippen LogP contribution in [0.15, 0.2) is 24.3 Å². The first-order chi connectivity index (χ1) is 12.1. The van der Waals surface area contributed by atoms with E-state index < -0.39 is 29.6 Å². The fourth-order valence-corrected chi connectivity index (χ4v) is 2.07. The van der Waals surface area contributed by atoms with E-state index >= 15 is 0 Å². The monoisotopic (exact) mass is 366 g/mol. The van der Waals surface area contributed by atoms with Crippen molar-refractivity contribution in [2.75, 3.05) is 13.7 Å². The number of carbonyl (C=O) groups excluding carboxylic acids is 2. The second-order valence-electron chi connectivity index (χ2n) is 6.69. The maximum atomic E-state index is 12.4. The van der Waals surface area contributed by atoms with Gasteiger partial charge in [-0.25, -0.2) is 4.79 Å². The number of aliphatic carboxylic acids is 1. The van der Waals surface area contributed by atoms with Crippen LogP contribution in [0.5, 0.6) is 5.75 Å². The number of methoxy groups -OCH3 is 1. The molecule has 1 rings (SSSR count). The molecule has 2 amide bonds. The van der Waals surface area contributed by atoms with Crippen molar-refractivity contribution in [2.24, 2.45) is 0 Å². The fraction of sp³-hybridized carbons (Fsp3) is 0.500. The molecule has 8 heteroatoms. The maximum Gasteiger partial charge on any atom is 0.408 e. The first kappa shape index (κ1) is 21.3. The van der Waals surface area contributed by atoms with E-state index in [0.29, 0.717) is 5.75 Å². The normalized spacial score (nSPS) is 12.0. The highest BCUT2D eigenvalue weighted by Gasteiger charge is 2.24. The highest BCUT2D eigenvalue weighted by Crippen LogP contribution is 2.13. The van der Waals surface area contributed by atoms with Gasteiger partial charge in [0.25, 0.3) is 0 Å². The molecule has 0 saturated carbocycles. The minimum Gasteiger partial charge on any atom is -0.497 e. The molecule has 8 nitrogen and oxygen atoms in total. The van der Waals surface area contributed by atoms with Crippen LogP contribution in [-0.4, -0.2) is 48.4 Å². The molecule has 0 aromatic heterocycles. The third kappa shape index (κ3) is 8.36. The number of benzene rings is 1. The van der Waals surface area contributed by atoms with Crippen LogP contribution in [0.4, 0.5) is 4.79 Å². The Morgan fingerprint density at radius 3 is 2.27 bits per heavy atom. The molecule has 1 aromatic carbocycles. The molecule has 144 valence electrons. The van der Waals surface area contributed by atoms with Gasteiger partial charge in [-0.1, -0.05) is 12.1 Å². The summed E-state index contributed by atoms with van der Waals surface area (Å²) >= 11 is 0. The van der Waals surface area contributed by atoms with Crippen LogP contribution < -0.4 is 15.4 Å². The summed E-state index contributed by atoms with van der Waals surface area (Å²) in [5.41, 5.74) is 0.106. The summed E-state index contributed by atoms with van der Waals surface area (Å²) < 4.78 is 10.3. The van der Waals surface area contributed by atoms with Crippen LogP contribution in [0.1, 0.15) is 32.8 Å². The van der Waals surface area contributed by atoms with Gasteiger partial charge in [-0.05, 0) is 38.5 Å². The number of carboxylic acid groups (broad SMARTS) is 1. The van der Waals surface area contributed by atoms with E-state index in [1.807, 2.05) is 0 Å². The van der Waals surface area contributed by atoms with Gasteiger partial charge in [0.15, 0.2) is 0 Å². The molecule has 0 aliphatic carbocycles. The lowest BCUT2D eigenvalue weighted by Crippen LogP contribution is -2.49. The molecule has 1 atom stereocenters. The molecule has 0 saturated heterocycles. The molecule has 0 aliphatic rings. The molecule has 0 radical (unpaired) electrons. The number of carboxylic acids is 1. The maximum absolute atomic E-state index is 12.4. The van der Waals surface area contributed by atoms with Gasteiger partial charge in [0.05, 0.1) is 13.5 Å². The lowest BCUT2D eigenvalue weighted by atomic mass is 10.1. The van der Waals surface area contributed by atoms with Crippen LogP contribution in [-0.2, 0) is 20.7 Å². The lowest BCUT2D eigenvalue weighted by Gasteiger charge is -2.23. The van der Waals surface area contributed by atoms with Crippen molar-refractivity contribution in [3.63, 3.8) is 0 Å². The molecule has 0 aliphatic heterocycles. The van der Waals surface area contributed by atoms with E-state index in [0.717, 1.165) is 5.56 Å². The van der Waals surface area contributed by atoms with Crippen molar-refractivity contribution in [3.8, 4) is 5.75 Å². The van der Waals surface area contributed by atoms with Gasteiger partial charge in [-0.15, -0.1) is 0 Å². The van der Waals surface area contributed by atoms with E-state index in [9.17, 15) is 14.4 Å². The molecular formula is C18H26N2O6. The van der Waals surface area contributed by atoms with Gasteiger partial charge in [0.2, 0.25) is 5.91 Å². The number of ether oxygens (including phenoxy) is 2. The van der Waals surface area contributed by atoms with E-state index in [1.165, 1.54) is 0 Å².